The first-order valence-electron chi connectivity index (χ1n) is 12.2. The number of aliphatic hydroxyl groups is 1. The Kier molecular flexibility index (Phi) is 6.84. The minimum absolute atomic E-state index is 0.0194. The molecule has 4 aromatic rings. The van der Waals surface area contributed by atoms with Gasteiger partial charge in [0, 0.05) is 37.3 Å². The van der Waals surface area contributed by atoms with Crippen LogP contribution in [0.3, 0.4) is 0 Å². The van der Waals surface area contributed by atoms with Gasteiger partial charge in [-0.2, -0.15) is 0 Å². The molecule has 0 bridgehead atoms. The topological polar surface area (TPSA) is 133 Å². The molecule has 0 saturated carbocycles. The lowest BCUT2D eigenvalue weighted by Gasteiger charge is -2.44. The van der Waals surface area contributed by atoms with Crippen LogP contribution in [-0.4, -0.2) is 67.5 Å². The third kappa shape index (κ3) is 4.63. The molecule has 1 aliphatic rings. The Hall–Kier alpha value is -3.91. The highest BCUT2D eigenvalue weighted by atomic mass is 19.3. The number of hydrogen-bond acceptors (Lipinski definition) is 8. The van der Waals surface area contributed by atoms with E-state index in [1.807, 2.05) is 0 Å². The van der Waals surface area contributed by atoms with Crippen LogP contribution in [0.1, 0.15) is 18.4 Å². The van der Waals surface area contributed by atoms with Crippen molar-refractivity contribution in [1.82, 2.24) is 24.1 Å². The Morgan fingerprint density at radius 3 is 2.64 bits per heavy atom. The molecule has 0 spiro atoms. The highest BCUT2D eigenvalue weighted by Gasteiger charge is 2.43. The summed E-state index contributed by atoms with van der Waals surface area (Å²) in [6, 6.07) is 3.69. The molecule has 3 aromatic heterocycles. The van der Waals surface area contributed by atoms with E-state index in [0.717, 1.165) is 12.1 Å². The molecule has 39 heavy (non-hydrogen) atoms. The van der Waals surface area contributed by atoms with E-state index >= 15 is 4.39 Å². The van der Waals surface area contributed by atoms with Gasteiger partial charge >= 0.3 is 0 Å². The molecule has 4 heterocycles. The van der Waals surface area contributed by atoms with Crippen molar-refractivity contribution >= 4 is 22.8 Å². The fourth-order valence-electron chi connectivity index (χ4n) is 5.31. The van der Waals surface area contributed by atoms with E-state index in [9.17, 15) is 18.3 Å². The Bertz CT molecular complexity index is 1520. The molecule has 0 aliphatic carbocycles. The number of nitrogen functional groups attached to an aromatic ring is 1. The minimum Gasteiger partial charge on any atom is -0.494 e. The summed E-state index contributed by atoms with van der Waals surface area (Å²) in [6.07, 6.45) is -1.58. The number of anilines is 2. The number of nitrogens with zero attached hydrogens (tertiary/aromatic N) is 6. The van der Waals surface area contributed by atoms with Crippen LogP contribution >= 0.6 is 0 Å². The zero-order valence-corrected chi connectivity index (χ0v) is 21.3. The predicted molar refractivity (Wildman–Crippen MR) is 137 cm³/mol. The number of alkyl halides is 2. The van der Waals surface area contributed by atoms with Crippen LogP contribution in [0.25, 0.3) is 22.4 Å². The maximum absolute atomic E-state index is 15.2. The van der Waals surface area contributed by atoms with Crippen molar-refractivity contribution in [2.45, 2.75) is 37.5 Å². The molecule has 5 N–H and O–H groups in total. The smallest absolute Gasteiger partial charge is 0.265 e. The van der Waals surface area contributed by atoms with Crippen LogP contribution in [0.15, 0.2) is 30.9 Å². The first-order valence-corrected chi connectivity index (χ1v) is 12.2. The molecule has 5 rings (SSSR count). The molecule has 0 amide bonds. The van der Waals surface area contributed by atoms with Gasteiger partial charge in [0.15, 0.2) is 23.0 Å². The molecular formula is C25H28F4N8O2. The van der Waals surface area contributed by atoms with Crippen molar-refractivity contribution in [2.75, 3.05) is 30.8 Å². The number of methoxy groups -OCH3 is 1. The number of benzene rings is 1. The fraction of sp³-hybridized carbons (Fsp3) is 0.400. The fourth-order valence-corrected chi connectivity index (χ4v) is 5.31. The van der Waals surface area contributed by atoms with Gasteiger partial charge in [0.25, 0.3) is 6.43 Å². The number of aromatic nitrogens is 5. The number of hydrogen-bond donors (Lipinski definition) is 3. The van der Waals surface area contributed by atoms with Crippen molar-refractivity contribution in [3.63, 3.8) is 0 Å². The van der Waals surface area contributed by atoms with Crippen LogP contribution < -0.4 is 21.1 Å². The Balaban J connectivity index is 1.64. The molecule has 208 valence electrons. The summed E-state index contributed by atoms with van der Waals surface area (Å²) in [5.74, 6) is -0.947. The Morgan fingerprint density at radius 1 is 1.15 bits per heavy atom. The van der Waals surface area contributed by atoms with E-state index in [2.05, 4.69) is 15.0 Å². The Labute approximate surface area is 220 Å². The van der Waals surface area contributed by atoms with Crippen LogP contribution in [0.2, 0.25) is 0 Å². The van der Waals surface area contributed by atoms with Gasteiger partial charge in [-0.15, -0.1) is 0 Å². The van der Waals surface area contributed by atoms with Gasteiger partial charge in [0.2, 0.25) is 0 Å². The molecule has 0 unspecified atom stereocenters. The summed E-state index contributed by atoms with van der Waals surface area (Å²) in [4.78, 5) is 14.3. The average Bonchev–Trinajstić information content (AvgIpc) is 3.46. The van der Waals surface area contributed by atoms with Crippen LogP contribution in [0.5, 0.6) is 5.75 Å². The number of ether oxygens (including phenoxy) is 1. The second-order valence-electron chi connectivity index (χ2n) is 9.75. The lowest BCUT2D eigenvalue weighted by molar-refractivity contribution is -0.0530. The standard InChI is InChI=1S/C25H28F4N8O2/c1-35-17(14-7-16(27)18(39-2)8-15(14)26)6-13(9-37-12-34-19-22(30)32-11-33-23(19)37)24(35)36-5-3-4-25(31,10-36)20(38)21(28)29/h6-8,11-12,20-21,38H,3-5,9-10,31H2,1-2H3,(H2,30,32,33)/t20-,25-/m1/s1. The molecular weight excluding hydrogens is 520 g/mol. The van der Waals surface area contributed by atoms with Gasteiger partial charge in [-0.25, -0.2) is 32.5 Å². The monoisotopic (exact) mass is 548 g/mol. The second-order valence-corrected chi connectivity index (χ2v) is 9.75. The summed E-state index contributed by atoms with van der Waals surface area (Å²) in [6.45, 7) is 0.544. The molecule has 1 aromatic carbocycles. The molecule has 10 nitrogen and oxygen atoms in total. The van der Waals surface area contributed by atoms with Gasteiger partial charge in [-0.05, 0) is 25.0 Å². The van der Waals surface area contributed by atoms with E-state index in [4.69, 9.17) is 16.2 Å². The van der Waals surface area contributed by atoms with Crippen molar-refractivity contribution < 1.29 is 27.4 Å². The van der Waals surface area contributed by atoms with E-state index in [0.29, 0.717) is 41.2 Å². The number of halogens is 4. The van der Waals surface area contributed by atoms with Gasteiger partial charge in [0.1, 0.15) is 29.6 Å². The quantitative estimate of drug-likeness (QED) is 0.300. The lowest BCUT2D eigenvalue weighted by Crippen LogP contribution is -2.63. The molecule has 1 aliphatic heterocycles. The van der Waals surface area contributed by atoms with Crippen molar-refractivity contribution in [1.29, 1.82) is 0 Å². The molecule has 0 radical (unpaired) electrons. The third-order valence-corrected chi connectivity index (χ3v) is 7.25. The summed E-state index contributed by atoms with van der Waals surface area (Å²) >= 11 is 0. The molecule has 2 atom stereocenters. The second kappa shape index (κ2) is 10.0. The Morgan fingerprint density at radius 2 is 1.92 bits per heavy atom. The number of nitrogens with two attached hydrogens (primary N) is 2. The van der Waals surface area contributed by atoms with Crippen molar-refractivity contribution in [2.24, 2.45) is 12.8 Å². The first-order chi connectivity index (χ1) is 18.5. The van der Waals surface area contributed by atoms with Crippen LogP contribution in [0, 0.1) is 11.6 Å². The zero-order valence-electron chi connectivity index (χ0n) is 21.3. The summed E-state index contributed by atoms with van der Waals surface area (Å²) in [5, 5.41) is 10.2. The van der Waals surface area contributed by atoms with Crippen molar-refractivity contribution in [3.8, 4) is 17.0 Å². The molecule has 1 saturated heterocycles. The largest absolute Gasteiger partial charge is 0.494 e. The SMILES string of the molecule is COc1cc(F)c(-c2cc(Cn3cnc4c(N)ncnc43)c(N3CCC[C@](N)([C@H](O)C(F)F)C3)n2C)cc1F. The molecule has 1 fully saturated rings. The van der Waals surface area contributed by atoms with Gasteiger partial charge in [0.05, 0.1) is 31.2 Å². The summed E-state index contributed by atoms with van der Waals surface area (Å²) in [7, 11) is 2.91. The number of aliphatic hydroxyl groups excluding tert-OH is 1. The normalized spacial score (nSPS) is 18.7. The summed E-state index contributed by atoms with van der Waals surface area (Å²) in [5.41, 5.74) is 12.5. The highest BCUT2D eigenvalue weighted by molar-refractivity contribution is 5.81. The summed E-state index contributed by atoms with van der Waals surface area (Å²) < 4.78 is 65.0. The maximum Gasteiger partial charge on any atom is 0.265 e. The van der Waals surface area contributed by atoms with E-state index < -0.39 is 29.7 Å². The molecule has 14 heteroatoms. The lowest BCUT2D eigenvalue weighted by atomic mass is 9.84. The van der Waals surface area contributed by atoms with Gasteiger partial charge < -0.3 is 35.3 Å². The average molecular weight is 549 g/mol. The minimum atomic E-state index is -3.02. The zero-order chi connectivity index (χ0) is 28.1. The number of rotatable bonds is 7. The van der Waals surface area contributed by atoms with Crippen LogP contribution in [0.4, 0.5) is 29.2 Å². The number of fused-ring (bicyclic) bond motifs is 1. The number of imidazole rings is 1. The van der Waals surface area contributed by atoms with Crippen molar-refractivity contribution in [3.05, 3.63) is 48.1 Å². The van der Waals surface area contributed by atoms with E-state index in [-0.39, 0.29) is 36.6 Å². The maximum atomic E-state index is 15.2. The van der Waals surface area contributed by atoms with E-state index in [1.165, 1.54) is 19.8 Å². The van der Waals surface area contributed by atoms with Crippen LogP contribution in [-0.2, 0) is 13.6 Å². The highest BCUT2D eigenvalue weighted by Crippen LogP contribution is 2.38. The number of piperidine rings is 1. The van der Waals surface area contributed by atoms with Gasteiger partial charge in [-0.3, -0.25) is 0 Å². The van der Waals surface area contributed by atoms with Gasteiger partial charge in [-0.1, -0.05) is 0 Å². The third-order valence-electron chi connectivity index (χ3n) is 7.25. The predicted octanol–water partition coefficient (Wildman–Crippen LogP) is 2.67. The first kappa shape index (κ1) is 26.7. The van der Waals surface area contributed by atoms with E-state index in [1.54, 1.807) is 27.1 Å².